The van der Waals surface area contributed by atoms with Crippen LogP contribution in [0.3, 0.4) is 0 Å². The summed E-state index contributed by atoms with van der Waals surface area (Å²) in [6.07, 6.45) is 6.11. The molecule has 0 saturated carbocycles. The first-order valence-electron chi connectivity index (χ1n) is 8.74. The van der Waals surface area contributed by atoms with Crippen molar-refractivity contribution in [1.82, 2.24) is 0 Å². The lowest BCUT2D eigenvalue weighted by molar-refractivity contribution is -0.135. The van der Waals surface area contributed by atoms with E-state index in [2.05, 4.69) is 6.92 Å². The van der Waals surface area contributed by atoms with Gasteiger partial charge in [0.05, 0.1) is 11.1 Å². The van der Waals surface area contributed by atoms with Gasteiger partial charge < -0.3 is 10.2 Å². The molecule has 0 fully saturated rings. The molecule has 0 aliphatic carbocycles. The average molecular weight is 346 g/mol. The van der Waals surface area contributed by atoms with Gasteiger partial charge in [-0.15, -0.1) is 0 Å². The molecule has 0 spiro atoms. The molecule has 0 unspecified atom stereocenters. The van der Waals surface area contributed by atoms with Gasteiger partial charge in [-0.3, -0.25) is 4.79 Å². The topological polar surface area (TPSA) is 91.7 Å². The van der Waals surface area contributed by atoms with Gasteiger partial charge in [0, 0.05) is 12.8 Å². The van der Waals surface area contributed by atoms with Gasteiger partial charge in [0.25, 0.3) is 0 Å². The number of carbonyl (C=O) groups is 3. The molecule has 0 saturated heterocycles. The van der Waals surface area contributed by atoms with Crippen LogP contribution in [-0.4, -0.2) is 27.9 Å². The van der Waals surface area contributed by atoms with Gasteiger partial charge in [-0.1, -0.05) is 69.4 Å². The summed E-state index contributed by atoms with van der Waals surface area (Å²) in [5.41, 5.74) is -0.376. The zero-order valence-corrected chi connectivity index (χ0v) is 14.7. The minimum absolute atomic E-state index is 0.234. The first-order valence-corrected chi connectivity index (χ1v) is 8.74. The van der Waals surface area contributed by atoms with Crippen molar-refractivity contribution in [2.75, 3.05) is 0 Å². The van der Waals surface area contributed by atoms with E-state index in [0.717, 1.165) is 25.7 Å². The Morgan fingerprint density at radius 1 is 0.840 bits per heavy atom. The van der Waals surface area contributed by atoms with E-state index >= 15 is 0 Å². The van der Waals surface area contributed by atoms with Crippen LogP contribution < -0.4 is 0 Å². The van der Waals surface area contributed by atoms with E-state index < -0.39 is 11.9 Å². The molecule has 1 rings (SSSR count). The predicted molar refractivity (Wildman–Crippen MR) is 96.3 cm³/mol. The molecule has 0 atom stereocenters. The van der Waals surface area contributed by atoms with Gasteiger partial charge >= 0.3 is 11.9 Å². The van der Waals surface area contributed by atoms with Crippen molar-refractivity contribution in [3.8, 4) is 0 Å². The second kappa shape index (κ2) is 11.2. The van der Waals surface area contributed by atoms with E-state index in [4.69, 9.17) is 0 Å². The summed E-state index contributed by atoms with van der Waals surface area (Å²) in [5.74, 6) is -2.93. The molecule has 0 bridgehead atoms. The Morgan fingerprint density at radius 3 is 2.00 bits per heavy atom. The summed E-state index contributed by atoms with van der Waals surface area (Å²) >= 11 is 0. The second-order valence-electron chi connectivity index (χ2n) is 6.06. The molecule has 0 radical (unpaired) electrons. The molecule has 0 aliphatic heterocycles. The van der Waals surface area contributed by atoms with Crippen molar-refractivity contribution in [1.29, 1.82) is 0 Å². The van der Waals surface area contributed by atoms with Crippen LogP contribution in [0.5, 0.6) is 0 Å². The fraction of sp³-hybridized carbons (Fsp3) is 0.450. The summed E-state index contributed by atoms with van der Waals surface area (Å²) in [6.45, 7) is 2.13. The van der Waals surface area contributed by atoms with Crippen molar-refractivity contribution in [3.63, 3.8) is 0 Å². The Morgan fingerprint density at radius 2 is 1.44 bits per heavy atom. The zero-order chi connectivity index (χ0) is 18.7. The molecular weight excluding hydrogens is 320 g/mol. The molecule has 1 aromatic carbocycles. The third kappa shape index (κ3) is 7.33. The van der Waals surface area contributed by atoms with Crippen molar-refractivity contribution in [3.05, 3.63) is 41.5 Å². The Kier molecular flexibility index (Phi) is 9.22. The summed E-state index contributed by atoms with van der Waals surface area (Å²) < 4.78 is 0. The molecule has 25 heavy (non-hydrogen) atoms. The van der Waals surface area contributed by atoms with Crippen LogP contribution in [0.2, 0.25) is 0 Å². The number of aliphatic carboxylic acids is 2. The molecule has 0 aliphatic rings. The standard InChI is InChI=1S/C20H26O5/c1-2-3-4-5-6-10-13-16(21)14-17(19(22)23)18(20(24)25)15-11-8-7-9-12-15/h7-9,11-12H,2-6,10,13-14H2,1H3,(H,22,23)(H,24,25)/b18-17+. The zero-order valence-electron chi connectivity index (χ0n) is 14.7. The van der Waals surface area contributed by atoms with Crippen molar-refractivity contribution in [2.45, 2.75) is 58.3 Å². The molecule has 2 N–H and O–H groups in total. The summed E-state index contributed by atoms with van der Waals surface area (Å²) in [4.78, 5) is 35.2. The van der Waals surface area contributed by atoms with Crippen molar-refractivity contribution in [2.24, 2.45) is 0 Å². The Hall–Kier alpha value is -2.43. The van der Waals surface area contributed by atoms with E-state index in [1.807, 2.05) is 0 Å². The van der Waals surface area contributed by atoms with E-state index in [9.17, 15) is 24.6 Å². The summed E-state index contributed by atoms with van der Waals surface area (Å²) in [5, 5.41) is 18.8. The van der Waals surface area contributed by atoms with E-state index in [1.54, 1.807) is 18.2 Å². The van der Waals surface area contributed by atoms with E-state index in [-0.39, 0.29) is 29.8 Å². The monoisotopic (exact) mass is 346 g/mol. The molecule has 0 amide bonds. The lowest BCUT2D eigenvalue weighted by atomic mass is 9.95. The molecular formula is C20H26O5. The maximum absolute atomic E-state index is 12.1. The van der Waals surface area contributed by atoms with Crippen LogP contribution in [-0.2, 0) is 14.4 Å². The highest BCUT2D eigenvalue weighted by molar-refractivity contribution is 6.22. The summed E-state index contributed by atoms with van der Waals surface area (Å²) in [7, 11) is 0. The number of benzene rings is 1. The van der Waals surface area contributed by atoms with Crippen LogP contribution in [0.15, 0.2) is 35.9 Å². The molecule has 136 valence electrons. The van der Waals surface area contributed by atoms with Crippen molar-refractivity contribution >= 4 is 23.3 Å². The number of rotatable bonds is 12. The highest BCUT2D eigenvalue weighted by Gasteiger charge is 2.23. The maximum Gasteiger partial charge on any atom is 0.336 e. The second-order valence-corrected chi connectivity index (χ2v) is 6.06. The molecule has 5 nitrogen and oxygen atoms in total. The third-order valence-electron chi connectivity index (χ3n) is 4.02. The van der Waals surface area contributed by atoms with Gasteiger partial charge in [0.1, 0.15) is 5.78 Å². The lowest BCUT2D eigenvalue weighted by Crippen LogP contribution is -2.14. The number of Topliss-reactive ketones (excluding diaryl/α,β-unsaturated/α-hetero) is 1. The third-order valence-corrected chi connectivity index (χ3v) is 4.02. The average Bonchev–Trinajstić information content (AvgIpc) is 2.58. The normalized spacial score (nSPS) is 11.7. The SMILES string of the molecule is CCCCCCCCC(=O)C/C(C(=O)O)=C(\C(=O)O)c1ccccc1. The largest absolute Gasteiger partial charge is 0.478 e. The predicted octanol–water partition coefficient (Wildman–Crippen LogP) is 4.32. The number of carbonyl (C=O) groups excluding carboxylic acids is 1. The van der Waals surface area contributed by atoms with Crippen LogP contribution in [0.4, 0.5) is 0 Å². The minimum Gasteiger partial charge on any atom is -0.478 e. The fourth-order valence-corrected chi connectivity index (χ4v) is 2.69. The summed E-state index contributed by atoms with van der Waals surface area (Å²) in [6, 6.07) is 8.05. The first kappa shape index (κ1) is 20.6. The van der Waals surface area contributed by atoms with Crippen LogP contribution in [0.1, 0.15) is 63.9 Å². The number of hydrogen-bond acceptors (Lipinski definition) is 3. The van der Waals surface area contributed by atoms with Crippen molar-refractivity contribution < 1.29 is 24.6 Å². The van der Waals surface area contributed by atoms with Crippen LogP contribution in [0, 0.1) is 0 Å². The molecule has 0 aromatic heterocycles. The number of unbranched alkanes of at least 4 members (excludes halogenated alkanes) is 5. The van der Waals surface area contributed by atoms with Gasteiger partial charge in [-0.25, -0.2) is 9.59 Å². The highest BCUT2D eigenvalue weighted by atomic mass is 16.4. The van der Waals surface area contributed by atoms with Crippen LogP contribution in [0.25, 0.3) is 5.57 Å². The van der Waals surface area contributed by atoms with Gasteiger partial charge in [0.15, 0.2) is 0 Å². The first-order chi connectivity index (χ1) is 12.0. The molecule has 0 heterocycles. The smallest absolute Gasteiger partial charge is 0.336 e. The molecule has 1 aromatic rings. The quantitative estimate of drug-likeness (QED) is 0.434. The Labute approximate surface area is 148 Å². The number of carboxylic acid groups (broad SMARTS) is 2. The maximum atomic E-state index is 12.1. The lowest BCUT2D eigenvalue weighted by Gasteiger charge is -2.09. The number of ketones is 1. The number of carboxylic acids is 2. The molecule has 5 heteroatoms. The van der Waals surface area contributed by atoms with Gasteiger partial charge in [-0.05, 0) is 12.0 Å². The Bertz CT molecular complexity index is 616. The highest BCUT2D eigenvalue weighted by Crippen LogP contribution is 2.23. The van der Waals surface area contributed by atoms with Crippen LogP contribution >= 0.6 is 0 Å². The fourth-order valence-electron chi connectivity index (χ4n) is 2.69. The van der Waals surface area contributed by atoms with Gasteiger partial charge in [0.2, 0.25) is 0 Å². The minimum atomic E-state index is -1.36. The van der Waals surface area contributed by atoms with Gasteiger partial charge in [-0.2, -0.15) is 0 Å². The van der Waals surface area contributed by atoms with E-state index in [0.29, 0.717) is 12.0 Å². The number of hydrogen-bond donors (Lipinski definition) is 2. The Balaban J connectivity index is 2.79. The van der Waals surface area contributed by atoms with E-state index in [1.165, 1.54) is 18.6 Å².